The molecule has 0 aliphatic carbocycles. The highest BCUT2D eigenvalue weighted by Crippen LogP contribution is 2.37. The van der Waals surface area contributed by atoms with E-state index in [1.54, 1.807) is 4.68 Å². The van der Waals surface area contributed by atoms with Crippen LogP contribution in [0.15, 0.2) is 48.8 Å². The van der Waals surface area contributed by atoms with Crippen LogP contribution in [-0.2, 0) is 11.8 Å². The van der Waals surface area contributed by atoms with Gasteiger partial charge in [0.05, 0.1) is 34.8 Å². The van der Waals surface area contributed by atoms with Crippen molar-refractivity contribution in [2.24, 2.45) is 13.0 Å². The second-order valence-electron chi connectivity index (χ2n) is 8.11. The van der Waals surface area contributed by atoms with Crippen molar-refractivity contribution in [1.29, 1.82) is 5.26 Å². The first-order chi connectivity index (χ1) is 15.2. The normalized spacial score (nSPS) is 15.8. The summed E-state index contributed by atoms with van der Waals surface area (Å²) in [6.45, 7) is 3.48. The van der Waals surface area contributed by atoms with Crippen LogP contribution in [0.5, 0.6) is 0 Å². The minimum atomic E-state index is 0.127. The predicted molar refractivity (Wildman–Crippen MR) is 117 cm³/mol. The van der Waals surface area contributed by atoms with E-state index < -0.39 is 0 Å². The number of hydrogen-bond donors (Lipinski definition) is 0. The lowest BCUT2D eigenvalue weighted by molar-refractivity contribution is 0.0547. The molecule has 4 aromatic rings. The van der Waals surface area contributed by atoms with E-state index in [1.807, 2.05) is 32.4 Å². The zero-order chi connectivity index (χ0) is 21.4. The van der Waals surface area contributed by atoms with Gasteiger partial charge in [0.1, 0.15) is 11.6 Å². The maximum atomic E-state index is 9.86. The van der Waals surface area contributed by atoms with Gasteiger partial charge in [0, 0.05) is 25.8 Å². The summed E-state index contributed by atoms with van der Waals surface area (Å²) in [5, 5.41) is 18.2. The Kier molecular flexibility index (Phi) is 5.00. The van der Waals surface area contributed by atoms with Gasteiger partial charge in [0.15, 0.2) is 0 Å². The first-order valence-corrected chi connectivity index (χ1v) is 10.6. The average Bonchev–Trinajstić information content (AvgIpc) is 3.37. The van der Waals surface area contributed by atoms with Gasteiger partial charge in [-0.2, -0.15) is 5.26 Å². The standard InChI is InChI=1S/C24H24N6O/c1-16-23(29(2)28-27-16)19-12-20(14-25)22-21(13-19)30(15-26-22)24(17-6-4-3-5-7-17)18-8-10-31-11-9-18/h3-7,12-13,15,18,24H,8-11H2,1-2H3/t24-/m1/s1. The Morgan fingerprint density at radius 1 is 1.16 bits per heavy atom. The number of imidazole rings is 1. The monoisotopic (exact) mass is 412 g/mol. The minimum absolute atomic E-state index is 0.127. The first kappa shape index (κ1) is 19.5. The molecule has 2 aromatic carbocycles. The molecule has 0 bridgehead atoms. The number of aryl methyl sites for hydroxylation is 2. The van der Waals surface area contributed by atoms with Gasteiger partial charge >= 0.3 is 0 Å². The van der Waals surface area contributed by atoms with Crippen LogP contribution in [0.25, 0.3) is 22.3 Å². The molecule has 5 rings (SSSR count). The number of nitriles is 1. The van der Waals surface area contributed by atoms with Crippen LogP contribution in [0.1, 0.15) is 35.7 Å². The second kappa shape index (κ2) is 7.97. The summed E-state index contributed by atoms with van der Waals surface area (Å²) in [6, 6.07) is 17.0. The van der Waals surface area contributed by atoms with E-state index in [0.29, 0.717) is 11.5 Å². The van der Waals surface area contributed by atoms with Crippen LogP contribution in [0, 0.1) is 24.2 Å². The van der Waals surface area contributed by atoms with E-state index >= 15 is 0 Å². The Balaban J connectivity index is 1.73. The number of fused-ring (bicyclic) bond motifs is 1. The van der Waals surface area contributed by atoms with Gasteiger partial charge in [-0.15, -0.1) is 5.10 Å². The van der Waals surface area contributed by atoms with E-state index in [-0.39, 0.29) is 6.04 Å². The third kappa shape index (κ3) is 3.39. The average molecular weight is 412 g/mol. The molecular weight excluding hydrogens is 388 g/mol. The summed E-state index contributed by atoms with van der Waals surface area (Å²) in [5.41, 5.74) is 6.16. The van der Waals surface area contributed by atoms with Gasteiger partial charge in [0.2, 0.25) is 0 Å². The van der Waals surface area contributed by atoms with E-state index in [9.17, 15) is 5.26 Å². The SMILES string of the molecule is Cc1nnn(C)c1-c1cc(C#N)c2ncn([C@H](c3ccccc3)C3CCOCC3)c2c1. The number of ether oxygens (including phenoxy) is 1. The van der Waals surface area contributed by atoms with Crippen LogP contribution in [-0.4, -0.2) is 37.8 Å². The fourth-order valence-corrected chi connectivity index (χ4v) is 4.78. The van der Waals surface area contributed by atoms with E-state index in [2.05, 4.69) is 56.3 Å². The number of benzene rings is 2. The third-order valence-corrected chi connectivity index (χ3v) is 6.22. The molecule has 31 heavy (non-hydrogen) atoms. The van der Waals surface area contributed by atoms with Crippen molar-refractivity contribution in [2.45, 2.75) is 25.8 Å². The molecule has 1 aliphatic heterocycles. The second-order valence-corrected chi connectivity index (χ2v) is 8.11. The van der Waals surface area contributed by atoms with Crippen molar-refractivity contribution in [3.8, 4) is 17.3 Å². The van der Waals surface area contributed by atoms with Crippen LogP contribution >= 0.6 is 0 Å². The first-order valence-electron chi connectivity index (χ1n) is 10.6. The van der Waals surface area contributed by atoms with Crippen LogP contribution in [0.4, 0.5) is 0 Å². The van der Waals surface area contributed by atoms with Gasteiger partial charge in [-0.25, -0.2) is 9.67 Å². The van der Waals surface area contributed by atoms with Crippen molar-refractivity contribution < 1.29 is 4.74 Å². The lowest BCUT2D eigenvalue weighted by atomic mass is 9.86. The van der Waals surface area contributed by atoms with E-state index in [4.69, 9.17) is 4.74 Å². The topological polar surface area (TPSA) is 81.5 Å². The Labute approximate surface area is 180 Å². The summed E-state index contributed by atoms with van der Waals surface area (Å²) in [7, 11) is 1.87. The predicted octanol–water partition coefficient (Wildman–Crippen LogP) is 4.03. The summed E-state index contributed by atoms with van der Waals surface area (Å²) in [5.74, 6) is 0.433. The van der Waals surface area contributed by atoms with Crippen molar-refractivity contribution in [3.63, 3.8) is 0 Å². The van der Waals surface area contributed by atoms with Gasteiger partial charge < -0.3 is 9.30 Å². The summed E-state index contributed by atoms with van der Waals surface area (Å²) in [4.78, 5) is 4.67. The van der Waals surface area contributed by atoms with E-state index in [0.717, 1.165) is 54.0 Å². The molecule has 0 amide bonds. The molecule has 1 atom stereocenters. The number of aromatic nitrogens is 5. The quantitative estimate of drug-likeness (QED) is 0.505. The molecule has 1 aliphatic rings. The van der Waals surface area contributed by atoms with Crippen LogP contribution in [0.3, 0.4) is 0 Å². The number of hydrogen-bond acceptors (Lipinski definition) is 5. The molecule has 0 saturated carbocycles. The molecule has 0 spiro atoms. The smallest absolute Gasteiger partial charge is 0.106 e. The van der Waals surface area contributed by atoms with Gasteiger partial charge in [-0.3, -0.25) is 0 Å². The fourth-order valence-electron chi connectivity index (χ4n) is 4.78. The minimum Gasteiger partial charge on any atom is -0.381 e. The third-order valence-electron chi connectivity index (χ3n) is 6.22. The molecule has 0 N–H and O–H groups in total. The fraction of sp³-hybridized carbons (Fsp3) is 0.333. The van der Waals surface area contributed by atoms with Crippen LogP contribution in [0.2, 0.25) is 0 Å². The summed E-state index contributed by atoms with van der Waals surface area (Å²) < 4.78 is 9.63. The summed E-state index contributed by atoms with van der Waals surface area (Å²) >= 11 is 0. The van der Waals surface area contributed by atoms with Gasteiger partial charge in [-0.05, 0) is 43.4 Å². The number of rotatable bonds is 4. The maximum absolute atomic E-state index is 9.86. The highest BCUT2D eigenvalue weighted by atomic mass is 16.5. The molecule has 156 valence electrons. The van der Waals surface area contributed by atoms with Crippen LogP contribution < -0.4 is 0 Å². The molecule has 1 saturated heterocycles. The highest BCUT2D eigenvalue weighted by molar-refractivity contribution is 5.87. The maximum Gasteiger partial charge on any atom is 0.106 e. The molecule has 7 heteroatoms. The molecule has 0 unspecified atom stereocenters. The number of nitrogens with zero attached hydrogens (tertiary/aromatic N) is 6. The van der Waals surface area contributed by atoms with Crippen molar-refractivity contribution in [1.82, 2.24) is 24.5 Å². The zero-order valence-electron chi connectivity index (χ0n) is 17.7. The Morgan fingerprint density at radius 2 is 1.94 bits per heavy atom. The largest absolute Gasteiger partial charge is 0.381 e. The van der Waals surface area contributed by atoms with Gasteiger partial charge in [0.25, 0.3) is 0 Å². The lowest BCUT2D eigenvalue weighted by Crippen LogP contribution is -2.26. The van der Waals surface area contributed by atoms with E-state index in [1.165, 1.54) is 5.56 Å². The Hall–Kier alpha value is -3.50. The molecule has 2 aromatic heterocycles. The Bertz CT molecular complexity index is 1240. The lowest BCUT2D eigenvalue weighted by Gasteiger charge is -2.32. The van der Waals surface area contributed by atoms with Crippen molar-refractivity contribution in [3.05, 3.63) is 65.6 Å². The van der Waals surface area contributed by atoms with Crippen molar-refractivity contribution >= 4 is 11.0 Å². The molecule has 3 heterocycles. The highest BCUT2D eigenvalue weighted by Gasteiger charge is 2.29. The Morgan fingerprint density at radius 3 is 2.61 bits per heavy atom. The summed E-state index contributed by atoms with van der Waals surface area (Å²) in [6.07, 6.45) is 3.88. The van der Waals surface area contributed by atoms with Gasteiger partial charge in [-0.1, -0.05) is 35.5 Å². The zero-order valence-corrected chi connectivity index (χ0v) is 17.7. The van der Waals surface area contributed by atoms with Crippen molar-refractivity contribution in [2.75, 3.05) is 13.2 Å². The molecule has 1 fully saturated rings. The molecular formula is C24H24N6O. The molecule has 0 radical (unpaired) electrons. The molecule has 7 nitrogen and oxygen atoms in total.